The van der Waals surface area contributed by atoms with Gasteiger partial charge in [0.25, 0.3) is 0 Å². The molecule has 0 saturated carbocycles. The van der Waals surface area contributed by atoms with Crippen LogP contribution in [0.5, 0.6) is 0 Å². The lowest BCUT2D eigenvalue weighted by atomic mass is 10.1. The molecule has 0 aromatic heterocycles. The molecule has 0 aromatic carbocycles. The smallest absolute Gasteiger partial charge is 0.237 e. The van der Waals surface area contributed by atoms with Crippen molar-refractivity contribution in [3.8, 4) is 0 Å². The molecule has 0 aliphatic carbocycles. The van der Waals surface area contributed by atoms with Crippen LogP contribution < -0.4 is 0 Å². The van der Waals surface area contributed by atoms with Gasteiger partial charge in [0.15, 0.2) is 0 Å². The minimum Gasteiger partial charge on any atom is -0.297 e. The number of unbranched alkanes of at least 4 members (excludes halogenated alkanes) is 6. The van der Waals surface area contributed by atoms with E-state index in [1.54, 1.807) is 0 Å². The number of rotatable bonds is 18. The molecule has 0 atom stereocenters. The molecule has 26 heavy (non-hydrogen) atoms. The Bertz CT molecular complexity index is 253. The molecule has 0 aliphatic heterocycles. The molecule has 1 radical (unpaired) electrons. The first-order chi connectivity index (χ1) is 12.2. The molecule has 157 valence electrons. The van der Waals surface area contributed by atoms with Crippen LogP contribution in [-0.2, 0) is 4.80 Å². The highest BCUT2D eigenvalue weighted by Crippen LogP contribution is 2.28. The van der Waals surface area contributed by atoms with Gasteiger partial charge in [0.05, 0.1) is 0 Å². The van der Waals surface area contributed by atoms with Crippen LogP contribution in [0.4, 0.5) is 0 Å². The van der Waals surface area contributed by atoms with Crippen molar-refractivity contribution in [1.29, 1.82) is 0 Å². The zero-order chi connectivity index (χ0) is 19.8. The van der Waals surface area contributed by atoms with E-state index in [2.05, 4.69) is 41.5 Å². The van der Waals surface area contributed by atoms with E-state index in [-0.39, 0.29) is 0 Å². The van der Waals surface area contributed by atoms with Crippen molar-refractivity contribution in [1.82, 2.24) is 0 Å². The van der Waals surface area contributed by atoms with Crippen molar-refractivity contribution in [2.24, 2.45) is 17.8 Å². The van der Waals surface area contributed by atoms with E-state index in [0.29, 0.717) is 0 Å². The molecule has 0 bridgehead atoms. The fourth-order valence-corrected chi connectivity index (χ4v) is 7.34. The van der Waals surface area contributed by atoms with Crippen molar-refractivity contribution < 1.29 is 4.80 Å². The first kappa shape index (κ1) is 26.2. The summed E-state index contributed by atoms with van der Waals surface area (Å²) in [6.07, 6.45) is 15.5. The molecule has 0 aromatic rings. The molecule has 2 heteroatoms. The van der Waals surface area contributed by atoms with Crippen LogP contribution in [0, 0.1) is 17.8 Å². The monoisotopic (exact) mass is 383 g/mol. The average Bonchev–Trinajstić information content (AvgIpc) is 2.53. The summed E-state index contributed by atoms with van der Waals surface area (Å²) in [5.74, 6) is 2.43. The second kappa shape index (κ2) is 16.2. The Balaban J connectivity index is 4.14. The van der Waals surface area contributed by atoms with E-state index >= 15 is 0 Å². The van der Waals surface area contributed by atoms with Gasteiger partial charge in [-0.25, -0.2) is 0 Å². The molecule has 0 N–H and O–H groups in total. The zero-order valence-corrected chi connectivity index (χ0v) is 20.2. The SMILES string of the molecule is CC(C)CCCCC[Si]([O])(CCCCCC(C)C)CCCCCC(C)C. The molecule has 0 saturated heterocycles. The van der Waals surface area contributed by atoms with Gasteiger partial charge in [0, 0.05) is 0 Å². The second-order valence-electron chi connectivity index (χ2n) is 10.2. The molecule has 0 heterocycles. The highest BCUT2D eigenvalue weighted by atomic mass is 28.4. The second-order valence-corrected chi connectivity index (χ2v) is 14.0. The molecule has 0 aliphatic rings. The maximum Gasteiger partial charge on any atom is 0.237 e. The van der Waals surface area contributed by atoms with E-state index in [1.807, 2.05) is 0 Å². The Labute approximate surface area is 167 Å². The van der Waals surface area contributed by atoms with Gasteiger partial charge in [0.2, 0.25) is 8.32 Å². The van der Waals surface area contributed by atoms with Gasteiger partial charge in [-0.15, -0.1) is 0 Å². The summed E-state index contributed by atoms with van der Waals surface area (Å²) in [4.78, 5) is 13.5. The summed E-state index contributed by atoms with van der Waals surface area (Å²) in [5, 5.41) is 0. The summed E-state index contributed by atoms with van der Waals surface area (Å²) in [6.45, 7) is 13.8. The molecule has 0 rings (SSSR count). The Morgan fingerprint density at radius 2 is 0.731 bits per heavy atom. The van der Waals surface area contributed by atoms with Gasteiger partial charge in [-0.05, 0) is 35.9 Å². The van der Waals surface area contributed by atoms with Gasteiger partial charge in [-0.3, -0.25) is 4.80 Å². The van der Waals surface area contributed by atoms with Crippen molar-refractivity contribution in [3.05, 3.63) is 0 Å². The molecule has 0 amide bonds. The summed E-state index contributed by atoms with van der Waals surface area (Å²) in [7, 11) is -2.23. The van der Waals surface area contributed by atoms with Crippen molar-refractivity contribution in [3.63, 3.8) is 0 Å². The Hall–Kier alpha value is 0.177. The lowest BCUT2D eigenvalue weighted by Crippen LogP contribution is -2.32. The van der Waals surface area contributed by atoms with Crippen LogP contribution in [0.3, 0.4) is 0 Å². The van der Waals surface area contributed by atoms with Crippen molar-refractivity contribution in [2.45, 2.75) is 137 Å². The average molecular weight is 384 g/mol. The lowest BCUT2D eigenvalue weighted by Gasteiger charge is -2.23. The van der Waals surface area contributed by atoms with Gasteiger partial charge in [-0.2, -0.15) is 0 Å². The third kappa shape index (κ3) is 17.6. The Morgan fingerprint density at radius 1 is 0.462 bits per heavy atom. The number of hydrogen-bond donors (Lipinski definition) is 0. The molecule has 1 nitrogen and oxygen atoms in total. The summed E-state index contributed by atoms with van der Waals surface area (Å²) in [6, 6.07) is 3.17. The predicted octanol–water partition coefficient (Wildman–Crippen LogP) is 9.01. The Kier molecular flexibility index (Phi) is 16.3. The maximum atomic E-state index is 13.5. The molecule has 0 fully saturated rings. The van der Waals surface area contributed by atoms with E-state index in [0.717, 1.165) is 35.9 Å². The number of hydrogen-bond acceptors (Lipinski definition) is 0. The third-order valence-corrected chi connectivity index (χ3v) is 9.54. The van der Waals surface area contributed by atoms with E-state index in [9.17, 15) is 4.80 Å². The highest BCUT2D eigenvalue weighted by molar-refractivity contribution is 6.72. The fourth-order valence-electron chi connectivity index (χ4n) is 3.90. The van der Waals surface area contributed by atoms with Crippen molar-refractivity contribution >= 4 is 8.32 Å². The van der Waals surface area contributed by atoms with Crippen LogP contribution in [0.1, 0.15) is 119 Å². The normalized spacial score (nSPS) is 12.7. The largest absolute Gasteiger partial charge is 0.297 e. The van der Waals surface area contributed by atoms with Crippen LogP contribution >= 0.6 is 0 Å². The summed E-state index contributed by atoms with van der Waals surface area (Å²) >= 11 is 0. The molecular formula is C24H51OSi. The van der Waals surface area contributed by atoms with Crippen LogP contribution in [0.2, 0.25) is 18.1 Å². The quantitative estimate of drug-likeness (QED) is 0.166. The standard InChI is InChI=1S/C24H51OSi/c1-22(2)16-10-7-13-19-26(25,20-14-8-11-17-23(3)4)21-15-9-12-18-24(5)6/h22-24H,7-21H2,1-6H3. The topological polar surface area (TPSA) is 19.9 Å². The van der Waals surface area contributed by atoms with Crippen molar-refractivity contribution in [2.75, 3.05) is 0 Å². The minimum atomic E-state index is -2.23. The lowest BCUT2D eigenvalue weighted by molar-refractivity contribution is 0.396. The van der Waals surface area contributed by atoms with Crippen LogP contribution in [-0.4, -0.2) is 8.32 Å². The van der Waals surface area contributed by atoms with Gasteiger partial charge >= 0.3 is 0 Å². The maximum absolute atomic E-state index is 13.5. The summed E-state index contributed by atoms with van der Waals surface area (Å²) in [5.41, 5.74) is 0. The van der Waals surface area contributed by atoms with E-state index in [1.165, 1.54) is 77.0 Å². The summed E-state index contributed by atoms with van der Waals surface area (Å²) < 4.78 is 0. The van der Waals surface area contributed by atoms with Crippen LogP contribution in [0.15, 0.2) is 0 Å². The minimum absolute atomic E-state index is 0.811. The molecular weight excluding hydrogens is 332 g/mol. The Morgan fingerprint density at radius 3 is 0.962 bits per heavy atom. The predicted molar refractivity (Wildman–Crippen MR) is 121 cm³/mol. The van der Waals surface area contributed by atoms with E-state index < -0.39 is 8.32 Å². The highest BCUT2D eigenvalue weighted by Gasteiger charge is 2.31. The first-order valence-electron chi connectivity index (χ1n) is 12.0. The molecule has 0 unspecified atom stereocenters. The van der Waals surface area contributed by atoms with Gasteiger partial charge < -0.3 is 0 Å². The van der Waals surface area contributed by atoms with Crippen LogP contribution in [0.25, 0.3) is 0 Å². The zero-order valence-electron chi connectivity index (χ0n) is 19.2. The van der Waals surface area contributed by atoms with Gasteiger partial charge in [0.1, 0.15) is 0 Å². The van der Waals surface area contributed by atoms with E-state index in [4.69, 9.17) is 0 Å². The fraction of sp³-hybridized carbons (Fsp3) is 1.00. The van der Waals surface area contributed by atoms with Gasteiger partial charge in [-0.1, -0.05) is 119 Å². The first-order valence-corrected chi connectivity index (χ1v) is 14.5. The molecule has 0 spiro atoms. The third-order valence-electron chi connectivity index (χ3n) is 5.74.